The minimum absolute atomic E-state index is 0.0302. The summed E-state index contributed by atoms with van der Waals surface area (Å²) in [5, 5.41) is 27.2. The standard InChI is InChI=1S/C9H12ClN3O5/c10-4-2-13(9(16)11-8(4)12-17)7-1-5(15)6(3-14)18-7/h2,5-7,14-15,17H,1,3H2,(H,11,12,16)/t5?,6-,7-/m1/s1. The van der Waals surface area contributed by atoms with Gasteiger partial charge < -0.3 is 14.9 Å². The summed E-state index contributed by atoms with van der Waals surface area (Å²) in [7, 11) is 0. The molecule has 9 heteroatoms. The molecule has 0 saturated carbocycles. The van der Waals surface area contributed by atoms with Gasteiger partial charge in [-0.25, -0.2) is 4.79 Å². The second-order valence-electron chi connectivity index (χ2n) is 3.85. The largest absolute Gasteiger partial charge is 0.394 e. The van der Waals surface area contributed by atoms with Gasteiger partial charge in [0.1, 0.15) is 17.4 Å². The molecule has 2 heterocycles. The van der Waals surface area contributed by atoms with Gasteiger partial charge in [-0.2, -0.15) is 4.98 Å². The Balaban J connectivity index is 2.30. The first-order valence-corrected chi connectivity index (χ1v) is 5.57. The van der Waals surface area contributed by atoms with Gasteiger partial charge in [0.2, 0.25) is 0 Å². The van der Waals surface area contributed by atoms with Crippen LogP contribution in [0.15, 0.2) is 11.0 Å². The Kier molecular flexibility index (Phi) is 3.83. The van der Waals surface area contributed by atoms with Crippen LogP contribution in [-0.2, 0) is 4.74 Å². The van der Waals surface area contributed by atoms with Crippen molar-refractivity contribution in [1.29, 1.82) is 0 Å². The molecule has 0 bridgehead atoms. The molecule has 1 aliphatic heterocycles. The van der Waals surface area contributed by atoms with Gasteiger partial charge >= 0.3 is 5.69 Å². The zero-order valence-corrected chi connectivity index (χ0v) is 9.91. The molecule has 8 nitrogen and oxygen atoms in total. The molecule has 1 aliphatic rings. The van der Waals surface area contributed by atoms with E-state index >= 15 is 0 Å². The predicted octanol–water partition coefficient (Wildman–Crippen LogP) is -0.662. The molecule has 0 amide bonds. The second-order valence-corrected chi connectivity index (χ2v) is 4.26. The van der Waals surface area contributed by atoms with E-state index in [1.807, 2.05) is 0 Å². The Morgan fingerprint density at radius 2 is 2.39 bits per heavy atom. The lowest BCUT2D eigenvalue weighted by molar-refractivity contribution is -0.0458. The third-order valence-corrected chi connectivity index (χ3v) is 2.98. The smallest absolute Gasteiger partial charge is 0.351 e. The lowest BCUT2D eigenvalue weighted by atomic mass is 10.2. The lowest BCUT2D eigenvalue weighted by Gasteiger charge is -2.15. The number of hydrogen-bond acceptors (Lipinski definition) is 7. The normalized spacial score (nSPS) is 27.4. The van der Waals surface area contributed by atoms with Crippen LogP contribution < -0.4 is 11.2 Å². The molecule has 18 heavy (non-hydrogen) atoms. The minimum Gasteiger partial charge on any atom is -0.394 e. The fourth-order valence-corrected chi connectivity index (χ4v) is 1.97. The summed E-state index contributed by atoms with van der Waals surface area (Å²) in [6, 6.07) is 0. The first kappa shape index (κ1) is 13.2. The summed E-state index contributed by atoms with van der Waals surface area (Å²) >= 11 is 5.77. The summed E-state index contributed by atoms with van der Waals surface area (Å²) in [5.41, 5.74) is 1.01. The summed E-state index contributed by atoms with van der Waals surface area (Å²) in [6.45, 7) is -0.343. The zero-order valence-electron chi connectivity index (χ0n) is 9.15. The Labute approximate surface area is 106 Å². The van der Waals surface area contributed by atoms with Crippen LogP contribution in [0.1, 0.15) is 12.6 Å². The van der Waals surface area contributed by atoms with Crippen LogP contribution in [0.2, 0.25) is 5.02 Å². The van der Waals surface area contributed by atoms with E-state index in [0.29, 0.717) is 0 Å². The summed E-state index contributed by atoms with van der Waals surface area (Å²) in [6.07, 6.45) is -0.957. The van der Waals surface area contributed by atoms with Gasteiger partial charge in [-0.15, -0.1) is 0 Å². The van der Waals surface area contributed by atoms with E-state index in [0.717, 1.165) is 4.57 Å². The fourth-order valence-electron chi connectivity index (χ4n) is 1.78. The Bertz CT molecular complexity index is 494. The number of nitrogens with zero attached hydrogens (tertiary/aromatic N) is 2. The first-order chi connectivity index (χ1) is 8.56. The minimum atomic E-state index is -0.860. The topological polar surface area (TPSA) is 117 Å². The highest BCUT2D eigenvalue weighted by molar-refractivity contribution is 6.32. The predicted molar refractivity (Wildman–Crippen MR) is 60.5 cm³/mol. The maximum Gasteiger partial charge on any atom is 0.351 e. The Morgan fingerprint density at radius 3 is 2.94 bits per heavy atom. The molecule has 1 saturated heterocycles. The van der Waals surface area contributed by atoms with Gasteiger partial charge in [0, 0.05) is 12.6 Å². The molecule has 1 aromatic heterocycles. The van der Waals surface area contributed by atoms with Crippen LogP contribution in [0.5, 0.6) is 0 Å². The number of rotatable bonds is 3. The van der Waals surface area contributed by atoms with E-state index in [2.05, 4.69) is 4.98 Å². The molecule has 1 fully saturated rings. The number of aliphatic hydroxyl groups is 2. The number of aliphatic hydroxyl groups excluding tert-OH is 2. The molecular formula is C9H12ClN3O5. The number of nitrogens with one attached hydrogen (secondary N) is 1. The molecule has 2 rings (SSSR count). The van der Waals surface area contributed by atoms with E-state index in [1.165, 1.54) is 6.20 Å². The number of anilines is 1. The number of hydrogen-bond donors (Lipinski definition) is 4. The van der Waals surface area contributed by atoms with Crippen molar-refractivity contribution in [3.8, 4) is 0 Å². The monoisotopic (exact) mass is 277 g/mol. The quantitative estimate of drug-likeness (QED) is 0.542. The van der Waals surface area contributed by atoms with E-state index < -0.39 is 24.1 Å². The third-order valence-electron chi connectivity index (χ3n) is 2.71. The van der Waals surface area contributed by atoms with Crippen molar-refractivity contribution in [2.45, 2.75) is 24.9 Å². The van der Waals surface area contributed by atoms with Gasteiger partial charge in [-0.3, -0.25) is 15.3 Å². The summed E-state index contributed by atoms with van der Waals surface area (Å²) in [4.78, 5) is 15.2. The Hall–Kier alpha value is -1.19. The highest BCUT2D eigenvalue weighted by Gasteiger charge is 2.35. The van der Waals surface area contributed by atoms with E-state index in [4.69, 9.17) is 26.7 Å². The molecule has 1 unspecified atom stereocenters. The van der Waals surface area contributed by atoms with E-state index in [-0.39, 0.29) is 23.9 Å². The molecule has 0 aromatic carbocycles. The molecule has 0 radical (unpaired) electrons. The maximum atomic E-state index is 11.7. The van der Waals surface area contributed by atoms with Gasteiger partial charge in [0.25, 0.3) is 0 Å². The third kappa shape index (κ3) is 2.33. The SMILES string of the molecule is O=c1nc(NO)c(Cl)cn1[C@H]1CC(O)[C@@H](CO)O1. The molecule has 4 N–H and O–H groups in total. The molecular weight excluding hydrogens is 266 g/mol. The Morgan fingerprint density at radius 1 is 1.67 bits per heavy atom. The van der Waals surface area contributed by atoms with Crippen LogP contribution in [0, 0.1) is 0 Å². The fraction of sp³-hybridized carbons (Fsp3) is 0.556. The van der Waals surface area contributed by atoms with Crippen LogP contribution in [0.3, 0.4) is 0 Å². The number of halogens is 1. The highest BCUT2D eigenvalue weighted by atomic mass is 35.5. The van der Waals surface area contributed by atoms with Crippen LogP contribution in [0.4, 0.5) is 5.82 Å². The lowest BCUT2D eigenvalue weighted by Crippen LogP contribution is -2.28. The van der Waals surface area contributed by atoms with Gasteiger partial charge in [-0.1, -0.05) is 11.6 Å². The second kappa shape index (κ2) is 5.21. The van der Waals surface area contributed by atoms with Crippen LogP contribution in [-0.4, -0.2) is 43.8 Å². The molecule has 0 spiro atoms. The van der Waals surface area contributed by atoms with Crippen molar-refractivity contribution in [1.82, 2.24) is 9.55 Å². The van der Waals surface area contributed by atoms with E-state index in [9.17, 15) is 9.90 Å². The summed E-state index contributed by atoms with van der Waals surface area (Å²) < 4.78 is 6.40. The molecule has 100 valence electrons. The van der Waals surface area contributed by atoms with Crippen molar-refractivity contribution in [3.63, 3.8) is 0 Å². The maximum absolute atomic E-state index is 11.7. The van der Waals surface area contributed by atoms with Crippen molar-refractivity contribution in [2.24, 2.45) is 0 Å². The van der Waals surface area contributed by atoms with Gasteiger partial charge in [-0.05, 0) is 0 Å². The first-order valence-electron chi connectivity index (χ1n) is 5.20. The zero-order chi connectivity index (χ0) is 13.3. The van der Waals surface area contributed by atoms with Crippen molar-refractivity contribution in [2.75, 3.05) is 12.1 Å². The number of ether oxygens (including phenoxy) is 1. The average molecular weight is 278 g/mol. The molecule has 1 aromatic rings. The van der Waals surface area contributed by atoms with Crippen molar-refractivity contribution in [3.05, 3.63) is 21.7 Å². The summed E-state index contributed by atoms with van der Waals surface area (Å²) in [5.74, 6) is -0.157. The van der Waals surface area contributed by atoms with Crippen molar-refractivity contribution >= 4 is 17.4 Å². The molecule has 3 atom stereocenters. The highest BCUT2D eigenvalue weighted by Crippen LogP contribution is 2.28. The van der Waals surface area contributed by atoms with Gasteiger partial charge in [0.05, 0.1) is 12.7 Å². The average Bonchev–Trinajstić information content (AvgIpc) is 2.72. The van der Waals surface area contributed by atoms with Crippen LogP contribution >= 0.6 is 11.6 Å². The van der Waals surface area contributed by atoms with E-state index in [1.54, 1.807) is 5.48 Å². The number of aromatic nitrogens is 2. The molecule has 0 aliphatic carbocycles. The van der Waals surface area contributed by atoms with Crippen molar-refractivity contribution < 1.29 is 20.2 Å². The van der Waals surface area contributed by atoms with Crippen LogP contribution in [0.25, 0.3) is 0 Å². The van der Waals surface area contributed by atoms with Gasteiger partial charge in [0.15, 0.2) is 5.82 Å².